The molecular formula is C22H23N3O2. The monoisotopic (exact) mass is 361 g/mol. The van der Waals surface area contributed by atoms with Crippen molar-refractivity contribution < 1.29 is 9.53 Å². The fraction of sp³-hybridized carbons (Fsp3) is 0.182. The lowest BCUT2D eigenvalue weighted by Crippen LogP contribution is -2.22. The van der Waals surface area contributed by atoms with E-state index in [0.717, 1.165) is 18.8 Å². The van der Waals surface area contributed by atoms with Crippen molar-refractivity contribution in [3.05, 3.63) is 84.2 Å². The number of carbonyl (C=O) groups excluding carboxylic acids is 1. The van der Waals surface area contributed by atoms with Crippen molar-refractivity contribution in [3.63, 3.8) is 0 Å². The number of hydrogen-bond donors (Lipinski definition) is 1. The molecular weight excluding hydrogens is 338 g/mol. The van der Waals surface area contributed by atoms with Gasteiger partial charge in [-0.3, -0.25) is 4.79 Å². The summed E-state index contributed by atoms with van der Waals surface area (Å²) in [6.45, 7) is 3.76. The van der Waals surface area contributed by atoms with Gasteiger partial charge in [0.2, 0.25) is 0 Å². The van der Waals surface area contributed by atoms with Crippen LogP contribution in [0.5, 0.6) is 5.75 Å². The number of aromatic nitrogens is 1. The van der Waals surface area contributed by atoms with Crippen LogP contribution in [-0.2, 0) is 6.54 Å². The van der Waals surface area contributed by atoms with E-state index in [2.05, 4.69) is 34.3 Å². The summed E-state index contributed by atoms with van der Waals surface area (Å²) in [4.78, 5) is 19.0. The number of amides is 1. The first-order valence-corrected chi connectivity index (χ1v) is 8.90. The molecule has 1 heterocycles. The van der Waals surface area contributed by atoms with E-state index in [1.165, 1.54) is 5.56 Å². The van der Waals surface area contributed by atoms with Gasteiger partial charge in [0, 0.05) is 24.8 Å². The van der Waals surface area contributed by atoms with Crippen LogP contribution in [0.3, 0.4) is 0 Å². The Kier molecular flexibility index (Phi) is 6.05. The maximum absolute atomic E-state index is 12.4. The van der Waals surface area contributed by atoms with Crippen molar-refractivity contribution in [2.45, 2.75) is 13.5 Å². The number of hydrogen-bond acceptors (Lipinski definition) is 4. The number of carbonyl (C=O) groups is 1. The highest BCUT2D eigenvalue weighted by Gasteiger charge is 2.11. The molecule has 0 aliphatic rings. The summed E-state index contributed by atoms with van der Waals surface area (Å²) >= 11 is 0. The van der Waals surface area contributed by atoms with Crippen molar-refractivity contribution in [2.75, 3.05) is 23.9 Å². The van der Waals surface area contributed by atoms with Crippen LogP contribution in [0.4, 0.5) is 11.4 Å². The van der Waals surface area contributed by atoms with E-state index in [1.807, 2.05) is 42.5 Å². The molecule has 0 fully saturated rings. The van der Waals surface area contributed by atoms with Crippen molar-refractivity contribution in [2.24, 2.45) is 0 Å². The van der Waals surface area contributed by atoms with E-state index in [4.69, 9.17) is 4.74 Å². The van der Waals surface area contributed by atoms with Crippen molar-refractivity contribution >= 4 is 17.3 Å². The summed E-state index contributed by atoms with van der Waals surface area (Å²) < 4.78 is 5.17. The highest BCUT2D eigenvalue weighted by molar-refractivity contribution is 6.03. The lowest BCUT2D eigenvalue weighted by molar-refractivity contribution is 0.102. The van der Waals surface area contributed by atoms with Gasteiger partial charge in [0.05, 0.1) is 19.0 Å². The minimum Gasteiger partial charge on any atom is -0.497 e. The fourth-order valence-corrected chi connectivity index (χ4v) is 2.79. The Morgan fingerprint density at radius 1 is 1.07 bits per heavy atom. The van der Waals surface area contributed by atoms with Crippen LogP contribution in [-0.4, -0.2) is 24.5 Å². The number of ether oxygens (including phenoxy) is 1. The van der Waals surface area contributed by atoms with Crippen LogP contribution >= 0.6 is 0 Å². The summed E-state index contributed by atoms with van der Waals surface area (Å²) in [6, 6.07) is 21.2. The van der Waals surface area contributed by atoms with E-state index < -0.39 is 0 Å². The fourth-order valence-electron chi connectivity index (χ4n) is 2.79. The van der Waals surface area contributed by atoms with Gasteiger partial charge in [-0.25, -0.2) is 4.98 Å². The number of anilines is 2. The number of nitrogens with zero attached hydrogens (tertiary/aromatic N) is 2. The zero-order chi connectivity index (χ0) is 19.1. The maximum atomic E-state index is 12.4. The van der Waals surface area contributed by atoms with Crippen molar-refractivity contribution in [1.29, 1.82) is 0 Å². The molecule has 3 aromatic rings. The summed E-state index contributed by atoms with van der Waals surface area (Å²) in [5.41, 5.74) is 3.26. The Morgan fingerprint density at radius 2 is 1.89 bits per heavy atom. The Labute approximate surface area is 159 Å². The molecule has 1 amide bonds. The molecule has 27 heavy (non-hydrogen) atoms. The number of benzene rings is 2. The van der Waals surface area contributed by atoms with Gasteiger partial charge < -0.3 is 15.0 Å². The largest absolute Gasteiger partial charge is 0.497 e. The molecule has 1 aromatic heterocycles. The number of methoxy groups -OCH3 is 1. The molecule has 0 saturated heterocycles. The molecule has 5 heteroatoms. The lowest BCUT2D eigenvalue weighted by atomic mass is 10.2. The molecule has 0 saturated carbocycles. The lowest BCUT2D eigenvalue weighted by Gasteiger charge is -2.23. The van der Waals surface area contributed by atoms with Gasteiger partial charge in [-0.1, -0.05) is 36.4 Å². The molecule has 2 aromatic carbocycles. The molecule has 0 unspecified atom stereocenters. The van der Waals surface area contributed by atoms with E-state index in [0.29, 0.717) is 17.1 Å². The maximum Gasteiger partial charge on any atom is 0.274 e. The summed E-state index contributed by atoms with van der Waals surface area (Å²) in [5, 5.41) is 2.84. The van der Waals surface area contributed by atoms with Gasteiger partial charge in [-0.2, -0.15) is 0 Å². The Bertz CT molecular complexity index is 880. The van der Waals surface area contributed by atoms with E-state index in [1.54, 1.807) is 25.4 Å². The Hall–Kier alpha value is -3.34. The van der Waals surface area contributed by atoms with Crippen LogP contribution in [0.1, 0.15) is 23.0 Å². The third-order valence-electron chi connectivity index (χ3n) is 4.27. The molecule has 0 spiro atoms. The van der Waals surface area contributed by atoms with Crippen LogP contribution in [0.25, 0.3) is 0 Å². The van der Waals surface area contributed by atoms with E-state index in [9.17, 15) is 4.79 Å². The van der Waals surface area contributed by atoms with Gasteiger partial charge in [-0.15, -0.1) is 0 Å². The quantitative estimate of drug-likeness (QED) is 0.679. The van der Waals surface area contributed by atoms with Gasteiger partial charge >= 0.3 is 0 Å². The molecule has 0 atom stereocenters. The predicted molar refractivity (Wildman–Crippen MR) is 108 cm³/mol. The van der Waals surface area contributed by atoms with Crippen molar-refractivity contribution in [3.8, 4) is 5.75 Å². The van der Waals surface area contributed by atoms with Crippen LogP contribution in [0, 0.1) is 0 Å². The van der Waals surface area contributed by atoms with Crippen molar-refractivity contribution in [1.82, 2.24) is 4.98 Å². The molecule has 0 aliphatic carbocycles. The first-order chi connectivity index (χ1) is 13.2. The molecule has 0 radical (unpaired) electrons. The molecule has 0 aliphatic heterocycles. The molecule has 3 rings (SSSR count). The SMILES string of the molecule is CCN(Cc1ccccc1)c1ccc(C(=O)Nc2cccc(OC)c2)nc1. The van der Waals surface area contributed by atoms with Gasteiger partial charge in [0.1, 0.15) is 11.4 Å². The first kappa shape index (κ1) is 18.5. The topological polar surface area (TPSA) is 54.5 Å². The van der Waals surface area contributed by atoms with Gasteiger partial charge in [0.25, 0.3) is 5.91 Å². The molecule has 0 bridgehead atoms. The summed E-state index contributed by atoms with van der Waals surface area (Å²) in [5.74, 6) is 0.441. The Morgan fingerprint density at radius 3 is 2.56 bits per heavy atom. The second-order valence-corrected chi connectivity index (χ2v) is 6.09. The Balaban J connectivity index is 1.69. The minimum absolute atomic E-state index is 0.249. The number of pyridine rings is 1. The minimum atomic E-state index is -0.249. The van der Waals surface area contributed by atoms with Gasteiger partial charge in [-0.05, 0) is 36.8 Å². The number of rotatable bonds is 7. The zero-order valence-electron chi connectivity index (χ0n) is 15.6. The second kappa shape index (κ2) is 8.85. The van der Waals surface area contributed by atoms with Crippen LogP contribution in [0.15, 0.2) is 72.9 Å². The third-order valence-corrected chi connectivity index (χ3v) is 4.27. The average molecular weight is 361 g/mol. The number of nitrogens with one attached hydrogen (secondary N) is 1. The second-order valence-electron chi connectivity index (χ2n) is 6.09. The normalized spacial score (nSPS) is 10.3. The summed E-state index contributed by atoms with van der Waals surface area (Å²) in [7, 11) is 1.59. The van der Waals surface area contributed by atoms with E-state index in [-0.39, 0.29) is 5.91 Å². The highest BCUT2D eigenvalue weighted by Crippen LogP contribution is 2.19. The predicted octanol–water partition coefficient (Wildman–Crippen LogP) is 4.37. The third kappa shape index (κ3) is 4.85. The standard InChI is InChI=1S/C22H23N3O2/c1-3-25(16-17-8-5-4-6-9-17)19-12-13-21(23-15-19)22(26)24-18-10-7-11-20(14-18)27-2/h4-15H,3,16H2,1-2H3,(H,24,26). The van der Waals surface area contributed by atoms with Crippen LogP contribution in [0.2, 0.25) is 0 Å². The smallest absolute Gasteiger partial charge is 0.274 e. The summed E-state index contributed by atoms with van der Waals surface area (Å²) in [6.07, 6.45) is 1.74. The van der Waals surface area contributed by atoms with E-state index >= 15 is 0 Å². The molecule has 1 N–H and O–H groups in total. The zero-order valence-corrected chi connectivity index (χ0v) is 15.6. The first-order valence-electron chi connectivity index (χ1n) is 8.90. The average Bonchev–Trinajstić information content (AvgIpc) is 2.73. The molecule has 5 nitrogen and oxygen atoms in total. The van der Waals surface area contributed by atoms with Crippen LogP contribution < -0.4 is 15.0 Å². The highest BCUT2D eigenvalue weighted by atomic mass is 16.5. The molecule has 138 valence electrons. The van der Waals surface area contributed by atoms with Gasteiger partial charge in [0.15, 0.2) is 0 Å².